The Morgan fingerprint density at radius 2 is 2.21 bits per heavy atom. The lowest BCUT2D eigenvalue weighted by Crippen LogP contribution is -2.40. The lowest BCUT2D eigenvalue weighted by atomic mass is 10.2. The fourth-order valence-electron chi connectivity index (χ4n) is 2.99. The normalized spacial score (nSPS) is 16.8. The summed E-state index contributed by atoms with van der Waals surface area (Å²) in [6.45, 7) is 3.50. The van der Waals surface area contributed by atoms with Crippen molar-refractivity contribution in [1.82, 2.24) is 14.7 Å². The minimum Gasteiger partial charge on any atom is -0.484 e. The van der Waals surface area contributed by atoms with Gasteiger partial charge in [-0.2, -0.15) is 10.4 Å². The van der Waals surface area contributed by atoms with Crippen LogP contribution in [-0.4, -0.2) is 39.8 Å². The van der Waals surface area contributed by atoms with Crippen LogP contribution in [0.2, 0.25) is 0 Å². The van der Waals surface area contributed by atoms with E-state index < -0.39 is 0 Å². The van der Waals surface area contributed by atoms with Gasteiger partial charge in [0.15, 0.2) is 6.61 Å². The molecule has 24 heavy (non-hydrogen) atoms. The molecule has 0 bridgehead atoms. The predicted octanol–water partition coefficient (Wildman–Crippen LogP) is 2.13. The molecule has 1 saturated heterocycles. The first-order valence-corrected chi connectivity index (χ1v) is 8.07. The standard InChI is InChI=1S/C18H20N4O2/c1-14-10-20-21(11-14)12-16-3-2-8-22(16)18(23)13-24-17-6-4-15(9-19)5-7-17/h4-7,10-11,16H,2-3,8,12-13H2,1H3. The zero-order valence-corrected chi connectivity index (χ0v) is 13.7. The molecule has 1 atom stereocenters. The van der Waals surface area contributed by atoms with Gasteiger partial charge >= 0.3 is 0 Å². The number of hydrogen-bond acceptors (Lipinski definition) is 4. The van der Waals surface area contributed by atoms with Crippen LogP contribution in [0.5, 0.6) is 5.75 Å². The molecule has 0 aliphatic carbocycles. The summed E-state index contributed by atoms with van der Waals surface area (Å²) in [4.78, 5) is 14.4. The van der Waals surface area contributed by atoms with Crippen LogP contribution in [0.4, 0.5) is 0 Å². The smallest absolute Gasteiger partial charge is 0.260 e. The number of benzene rings is 1. The highest BCUT2D eigenvalue weighted by Crippen LogP contribution is 2.20. The highest BCUT2D eigenvalue weighted by atomic mass is 16.5. The quantitative estimate of drug-likeness (QED) is 0.845. The third-order valence-electron chi connectivity index (χ3n) is 4.20. The van der Waals surface area contributed by atoms with Crippen molar-refractivity contribution in [1.29, 1.82) is 5.26 Å². The average molecular weight is 324 g/mol. The number of carbonyl (C=O) groups excluding carboxylic acids is 1. The maximum atomic E-state index is 12.5. The van der Waals surface area contributed by atoms with Crippen LogP contribution in [0.3, 0.4) is 0 Å². The molecule has 1 aliphatic rings. The molecule has 124 valence electrons. The summed E-state index contributed by atoms with van der Waals surface area (Å²) in [6.07, 6.45) is 5.82. The molecular formula is C18H20N4O2. The number of rotatable bonds is 5. The Bertz CT molecular complexity index is 745. The minimum atomic E-state index is -0.00858. The second-order valence-corrected chi connectivity index (χ2v) is 6.05. The fraction of sp³-hybridized carbons (Fsp3) is 0.389. The molecule has 0 spiro atoms. The number of amides is 1. The second kappa shape index (κ2) is 7.18. The molecule has 1 fully saturated rings. The van der Waals surface area contributed by atoms with Crippen molar-refractivity contribution in [2.75, 3.05) is 13.2 Å². The van der Waals surface area contributed by atoms with Crippen molar-refractivity contribution < 1.29 is 9.53 Å². The van der Waals surface area contributed by atoms with Gasteiger partial charge in [0.25, 0.3) is 5.91 Å². The highest BCUT2D eigenvalue weighted by Gasteiger charge is 2.29. The van der Waals surface area contributed by atoms with Gasteiger partial charge in [0.05, 0.1) is 30.4 Å². The van der Waals surface area contributed by atoms with Crippen LogP contribution in [0.25, 0.3) is 0 Å². The summed E-state index contributed by atoms with van der Waals surface area (Å²) in [7, 11) is 0. The van der Waals surface area contributed by atoms with E-state index in [0.29, 0.717) is 11.3 Å². The zero-order valence-electron chi connectivity index (χ0n) is 13.7. The number of hydrogen-bond donors (Lipinski definition) is 0. The van der Waals surface area contributed by atoms with Crippen molar-refractivity contribution in [2.24, 2.45) is 0 Å². The van der Waals surface area contributed by atoms with E-state index in [4.69, 9.17) is 10.00 Å². The Hall–Kier alpha value is -2.81. The molecular weight excluding hydrogens is 304 g/mol. The Balaban J connectivity index is 1.55. The number of carbonyl (C=O) groups is 1. The lowest BCUT2D eigenvalue weighted by molar-refractivity contribution is -0.134. The molecule has 1 aromatic carbocycles. The first-order valence-electron chi connectivity index (χ1n) is 8.07. The van der Waals surface area contributed by atoms with Gasteiger partial charge in [0.2, 0.25) is 0 Å². The summed E-state index contributed by atoms with van der Waals surface area (Å²) in [6, 6.07) is 9.00. The SMILES string of the molecule is Cc1cnn(CC2CCCN2C(=O)COc2ccc(C#N)cc2)c1. The predicted molar refractivity (Wildman–Crippen MR) is 88.4 cm³/mol. The Kier molecular flexibility index (Phi) is 4.80. The maximum absolute atomic E-state index is 12.5. The lowest BCUT2D eigenvalue weighted by Gasteiger charge is -2.24. The van der Waals surface area contributed by atoms with E-state index in [1.165, 1.54) is 0 Å². The van der Waals surface area contributed by atoms with Crippen molar-refractivity contribution in [3.05, 3.63) is 47.8 Å². The molecule has 2 heterocycles. The van der Waals surface area contributed by atoms with Crippen molar-refractivity contribution in [3.8, 4) is 11.8 Å². The van der Waals surface area contributed by atoms with Crippen LogP contribution in [0.1, 0.15) is 24.0 Å². The molecule has 0 saturated carbocycles. The molecule has 0 N–H and O–H groups in total. The maximum Gasteiger partial charge on any atom is 0.260 e. The van der Waals surface area contributed by atoms with Gasteiger partial charge in [-0.15, -0.1) is 0 Å². The largest absolute Gasteiger partial charge is 0.484 e. The highest BCUT2D eigenvalue weighted by molar-refractivity contribution is 5.78. The van der Waals surface area contributed by atoms with Gasteiger partial charge in [-0.25, -0.2) is 0 Å². The Labute approximate surface area is 141 Å². The third kappa shape index (κ3) is 3.74. The molecule has 1 unspecified atom stereocenters. The fourth-order valence-corrected chi connectivity index (χ4v) is 2.99. The molecule has 6 nitrogen and oxygen atoms in total. The zero-order chi connectivity index (χ0) is 16.9. The molecule has 1 aromatic heterocycles. The van der Waals surface area contributed by atoms with Crippen molar-refractivity contribution in [3.63, 3.8) is 0 Å². The first kappa shape index (κ1) is 16.1. The van der Waals surface area contributed by atoms with Crippen molar-refractivity contribution in [2.45, 2.75) is 32.4 Å². The monoisotopic (exact) mass is 324 g/mol. The van der Waals surface area contributed by atoms with Crippen LogP contribution < -0.4 is 4.74 Å². The molecule has 2 aromatic rings. The van der Waals surface area contributed by atoms with Crippen LogP contribution >= 0.6 is 0 Å². The van der Waals surface area contributed by atoms with E-state index in [1.54, 1.807) is 24.3 Å². The van der Waals surface area contributed by atoms with Crippen LogP contribution in [0.15, 0.2) is 36.7 Å². The number of nitrogens with zero attached hydrogens (tertiary/aromatic N) is 4. The molecule has 0 radical (unpaired) electrons. The van der Waals surface area contributed by atoms with E-state index in [2.05, 4.69) is 11.2 Å². The van der Waals surface area contributed by atoms with E-state index in [1.807, 2.05) is 28.9 Å². The first-order chi connectivity index (χ1) is 11.7. The van der Waals surface area contributed by atoms with Crippen molar-refractivity contribution >= 4 is 5.91 Å². The molecule has 6 heteroatoms. The van der Waals surface area contributed by atoms with E-state index in [-0.39, 0.29) is 18.6 Å². The molecule has 1 amide bonds. The van der Waals surface area contributed by atoms with E-state index in [9.17, 15) is 4.79 Å². The van der Waals surface area contributed by atoms with Gasteiger partial charge in [-0.05, 0) is 49.6 Å². The average Bonchev–Trinajstić information content (AvgIpc) is 3.22. The third-order valence-corrected chi connectivity index (χ3v) is 4.20. The number of nitriles is 1. The molecule has 3 rings (SSSR count). The Morgan fingerprint density at radius 1 is 1.42 bits per heavy atom. The number of ether oxygens (including phenoxy) is 1. The molecule has 1 aliphatic heterocycles. The van der Waals surface area contributed by atoms with Crippen LogP contribution in [0, 0.1) is 18.3 Å². The number of aryl methyl sites for hydroxylation is 1. The van der Waals surface area contributed by atoms with Gasteiger partial charge in [-0.3, -0.25) is 9.48 Å². The summed E-state index contributed by atoms with van der Waals surface area (Å²) in [5, 5.41) is 13.1. The second-order valence-electron chi connectivity index (χ2n) is 6.05. The summed E-state index contributed by atoms with van der Waals surface area (Å²) < 4.78 is 7.46. The topological polar surface area (TPSA) is 71.2 Å². The van der Waals surface area contributed by atoms with Gasteiger partial charge < -0.3 is 9.64 Å². The summed E-state index contributed by atoms with van der Waals surface area (Å²) >= 11 is 0. The summed E-state index contributed by atoms with van der Waals surface area (Å²) in [5.74, 6) is 0.589. The summed E-state index contributed by atoms with van der Waals surface area (Å²) in [5.41, 5.74) is 1.69. The van der Waals surface area contributed by atoms with Crippen LogP contribution in [-0.2, 0) is 11.3 Å². The number of aromatic nitrogens is 2. The van der Waals surface area contributed by atoms with Gasteiger partial charge in [0, 0.05) is 12.7 Å². The number of likely N-dealkylation sites (tertiary alicyclic amines) is 1. The van der Waals surface area contributed by atoms with Gasteiger partial charge in [-0.1, -0.05) is 0 Å². The van der Waals surface area contributed by atoms with E-state index >= 15 is 0 Å². The minimum absolute atomic E-state index is 0.00858. The van der Waals surface area contributed by atoms with E-state index in [0.717, 1.165) is 31.5 Å². The Morgan fingerprint density at radius 3 is 2.88 bits per heavy atom. The van der Waals surface area contributed by atoms with Gasteiger partial charge in [0.1, 0.15) is 5.75 Å².